The number of hydrogen-bond acceptors (Lipinski definition) is 3. The maximum absolute atomic E-state index is 11.2. The number of amides is 1. The van der Waals surface area contributed by atoms with Crippen molar-refractivity contribution in [2.75, 3.05) is 5.32 Å². The lowest BCUT2D eigenvalue weighted by atomic mass is 10.1. The molecule has 1 aromatic heterocycles. The van der Waals surface area contributed by atoms with Gasteiger partial charge in [0.15, 0.2) is 0 Å². The predicted molar refractivity (Wildman–Crippen MR) is 80.2 cm³/mol. The average molecular weight is 269 g/mol. The molecule has 2 aromatic rings. The van der Waals surface area contributed by atoms with E-state index >= 15 is 0 Å². The second kappa shape index (κ2) is 6.82. The number of carbonyl (C=O) groups excluding carboxylic acids is 1. The van der Waals surface area contributed by atoms with Crippen molar-refractivity contribution < 1.29 is 4.79 Å². The third kappa shape index (κ3) is 3.90. The third-order valence-corrected chi connectivity index (χ3v) is 3.13. The van der Waals surface area contributed by atoms with Crippen molar-refractivity contribution >= 4 is 11.6 Å². The number of carbonyl (C=O) groups is 1. The normalized spacial score (nSPS) is 11.9. The molecule has 0 fully saturated rings. The first kappa shape index (κ1) is 14.2. The fraction of sp³-hybridized carbons (Fsp3) is 0.250. The maximum Gasteiger partial charge on any atom is 0.221 e. The molecule has 0 radical (unpaired) electrons. The van der Waals surface area contributed by atoms with Gasteiger partial charge in [0, 0.05) is 37.6 Å². The van der Waals surface area contributed by atoms with Crippen molar-refractivity contribution in [3.63, 3.8) is 0 Å². The lowest BCUT2D eigenvalue weighted by Gasteiger charge is -2.16. The number of hydrogen-bond donors (Lipinski definition) is 2. The molecule has 20 heavy (non-hydrogen) atoms. The molecule has 4 heteroatoms. The van der Waals surface area contributed by atoms with Crippen LogP contribution in [0.2, 0.25) is 0 Å². The Morgan fingerprint density at radius 3 is 2.60 bits per heavy atom. The largest absolute Gasteiger partial charge is 0.326 e. The van der Waals surface area contributed by atoms with Crippen LogP contribution in [0.25, 0.3) is 0 Å². The van der Waals surface area contributed by atoms with Crippen molar-refractivity contribution in [1.82, 2.24) is 10.3 Å². The second-order valence-corrected chi connectivity index (χ2v) is 4.72. The molecule has 0 aliphatic rings. The minimum absolute atomic E-state index is 0.0559. The van der Waals surface area contributed by atoms with Gasteiger partial charge in [0.25, 0.3) is 0 Å². The topological polar surface area (TPSA) is 54.0 Å². The van der Waals surface area contributed by atoms with Crippen LogP contribution < -0.4 is 10.6 Å². The Morgan fingerprint density at radius 2 is 1.90 bits per heavy atom. The summed E-state index contributed by atoms with van der Waals surface area (Å²) >= 11 is 0. The van der Waals surface area contributed by atoms with Crippen molar-refractivity contribution in [2.45, 2.75) is 26.4 Å². The average Bonchev–Trinajstić information content (AvgIpc) is 2.46. The molecule has 2 N–H and O–H groups in total. The number of nitrogens with zero attached hydrogens (tertiary/aromatic N) is 1. The summed E-state index contributed by atoms with van der Waals surface area (Å²) in [4.78, 5) is 15.2. The van der Waals surface area contributed by atoms with Crippen LogP contribution in [-0.2, 0) is 11.3 Å². The van der Waals surface area contributed by atoms with E-state index in [4.69, 9.17) is 0 Å². The van der Waals surface area contributed by atoms with E-state index in [1.165, 1.54) is 12.5 Å². The molecule has 1 atom stereocenters. The zero-order valence-electron chi connectivity index (χ0n) is 11.8. The molecule has 0 saturated heterocycles. The lowest BCUT2D eigenvalue weighted by molar-refractivity contribution is -0.114. The van der Waals surface area contributed by atoms with Gasteiger partial charge < -0.3 is 10.6 Å². The van der Waals surface area contributed by atoms with Gasteiger partial charge in [0.1, 0.15) is 0 Å². The maximum atomic E-state index is 11.2. The van der Waals surface area contributed by atoms with Gasteiger partial charge in [-0.25, -0.2) is 0 Å². The highest BCUT2D eigenvalue weighted by Gasteiger charge is 2.07. The summed E-state index contributed by atoms with van der Waals surface area (Å²) in [6.45, 7) is 4.32. The smallest absolute Gasteiger partial charge is 0.221 e. The number of benzene rings is 1. The number of anilines is 1. The molecule has 1 aromatic carbocycles. The van der Waals surface area contributed by atoms with Gasteiger partial charge in [0.2, 0.25) is 5.91 Å². The fourth-order valence-electron chi connectivity index (χ4n) is 2.02. The number of aromatic nitrogens is 1. The van der Waals surface area contributed by atoms with E-state index in [1.54, 1.807) is 12.4 Å². The van der Waals surface area contributed by atoms with Crippen molar-refractivity contribution in [1.29, 1.82) is 0 Å². The van der Waals surface area contributed by atoms with Crippen LogP contribution in [0, 0.1) is 0 Å². The molecule has 0 aliphatic carbocycles. The summed E-state index contributed by atoms with van der Waals surface area (Å²) in [5, 5.41) is 6.30. The predicted octanol–water partition coefficient (Wildman–Crippen LogP) is 2.89. The van der Waals surface area contributed by atoms with E-state index in [0.29, 0.717) is 6.54 Å². The molecule has 4 nitrogen and oxygen atoms in total. The Bertz CT molecular complexity index is 569. The summed E-state index contributed by atoms with van der Waals surface area (Å²) in [7, 11) is 0. The van der Waals surface area contributed by atoms with Gasteiger partial charge in [0.05, 0.1) is 0 Å². The van der Waals surface area contributed by atoms with Gasteiger partial charge >= 0.3 is 0 Å². The zero-order chi connectivity index (χ0) is 14.4. The monoisotopic (exact) mass is 269 g/mol. The first-order chi connectivity index (χ1) is 9.66. The van der Waals surface area contributed by atoms with Gasteiger partial charge in [-0.05, 0) is 36.2 Å². The number of para-hydroxylation sites is 1. The quantitative estimate of drug-likeness (QED) is 0.877. The Balaban J connectivity index is 2.02. The zero-order valence-corrected chi connectivity index (χ0v) is 11.8. The van der Waals surface area contributed by atoms with Crippen molar-refractivity contribution in [2.24, 2.45) is 0 Å². The number of nitrogens with one attached hydrogen (secondary N) is 2. The fourth-order valence-corrected chi connectivity index (χ4v) is 2.02. The SMILES string of the molecule is CC(=O)Nc1ccccc1CN[C@@H](C)c1ccncc1. The molecule has 0 saturated carbocycles. The minimum Gasteiger partial charge on any atom is -0.326 e. The highest BCUT2D eigenvalue weighted by atomic mass is 16.1. The molecule has 1 amide bonds. The van der Waals surface area contributed by atoms with E-state index in [1.807, 2.05) is 36.4 Å². The van der Waals surface area contributed by atoms with Crippen molar-refractivity contribution in [3.05, 3.63) is 59.9 Å². The van der Waals surface area contributed by atoms with Crippen LogP contribution >= 0.6 is 0 Å². The van der Waals surface area contributed by atoms with Gasteiger partial charge in [-0.1, -0.05) is 18.2 Å². The molecule has 0 aliphatic heterocycles. The highest BCUT2D eigenvalue weighted by Crippen LogP contribution is 2.17. The van der Waals surface area contributed by atoms with Crippen LogP contribution in [-0.4, -0.2) is 10.9 Å². The number of pyridine rings is 1. The standard InChI is InChI=1S/C16H19N3O/c1-12(14-7-9-17-10-8-14)18-11-15-5-3-4-6-16(15)19-13(2)20/h3-10,12,18H,11H2,1-2H3,(H,19,20)/t12-/m0/s1. The van der Waals surface area contributed by atoms with Crippen molar-refractivity contribution in [3.8, 4) is 0 Å². The molecule has 0 unspecified atom stereocenters. The van der Waals surface area contributed by atoms with Crippen LogP contribution in [0.15, 0.2) is 48.8 Å². The molecule has 1 heterocycles. The molecule has 0 bridgehead atoms. The molecule has 104 valence electrons. The second-order valence-electron chi connectivity index (χ2n) is 4.72. The molecular formula is C16H19N3O. The summed E-state index contributed by atoms with van der Waals surface area (Å²) in [6.07, 6.45) is 3.58. The molecular weight excluding hydrogens is 250 g/mol. The summed E-state index contributed by atoms with van der Waals surface area (Å²) in [5.74, 6) is -0.0559. The highest BCUT2D eigenvalue weighted by molar-refractivity contribution is 5.89. The minimum atomic E-state index is -0.0559. The van der Waals surface area contributed by atoms with Crippen LogP contribution in [0.1, 0.15) is 31.0 Å². The summed E-state index contributed by atoms with van der Waals surface area (Å²) < 4.78 is 0. The summed E-state index contributed by atoms with van der Waals surface area (Å²) in [6, 6.07) is 12.0. The van der Waals surface area contributed by atoms with Crippen LogP contribution in [0.3, 0.4) is 0 Å². The summed E-state index contributed by atoms with van der Waals surface area (Å²) in [5.41, 5.74) is 3.12. The van der Waals surface area contributed by atoms with E-state index < -0.39 is 0 Å². The Kier molecular flexibility index (Phi) is 4.85. The van der Waals surface area contributed by atoms with Gasteiger partial charge in [-0.15, -0.1) is 0 Å². The Labute approximate surface area is 119 Å². The van der Waals surface area contributed by atoms with E-state index in [2.05, 4.69) is 22.5 Å². The first-order valence-corrected chi connectivity index (χ1v) is 6.65. The molecule has 0 spiro atoms. The van der Waals surface area contributed by atoms with E-state index in [0.717, 1.165) is 11.3 Å². The van der Waals surface area contributed by atoms with Crippen LogP contribution in [0.4, 0.5) is 5.69 Å². The van der Waals surface area contributed by atoms with E-state index in [-0.39, 0.29) is 11.9 Å². The van der Waals surface area contributed by atoms with Crippen LogP contribution in [0.5, 0.6) is 0 Å². The van der Waals surface area contributed by atoms with Gasteiger partial charge in [-0.3, -0.25) is 9.78 Å². The van der Waals surface area contributed by atoms with Gasteiger partial charge in [-0.2, -0.15) is 0 Å². The third-order valence-electron chi connectivity index (χ3n) is 3.13. The molecule has 2 rings (SSSR count). The Morgan fingerprint density at radius 1 is 1.20 bits per heavy atom. The Hall–Kier alpha value is -2.20. The first-order valence-electron chi connectivity index (χ1n) is 6.65. The van der Waals surface area contributed by atoms with E-state index in [9.17, 15) is 4.79 Å². The number of rotatable bonds is 5. The lowest BCUT2D eigenvalue weighted by Crippen LogP contribution is -2.19.